The maximum absolute atomic E-state index is 6.48. The molecule has 7 aromatic rings. The molecule has 0 aliphatic carbocycles. The van der Waals surface area contributed by atoms with Crippen LogP contribution in [0.4, 0.5) is 0 Å². The summed E-state index contributed by atoms with van der Waals surface area (Å²) in [6, 6.07) is 54.8. The zero-order valence-corrected chi connectivity index (χ0v) is 22.8. The maximum atomic E-state index is 6.48. The van der Waals surface area contributed by atoms with E-state index in [9.17, 15) is 0 Å². The number of para-hydroxylation sites is 3. The van der Waals surface area contributed by atoms with Crippen molar-refractivity contribution < 1.29 is 4.74 Å². The zero-order chi connectivity index (χ0) is 27.9. The number of hydrogen-bond donors (Lipinski definition) is 0. The quantitative estimate of drug-likeness (QED) is 0.224. The van der Waals surface area contributed by atoms with Gasteiger partial charge in [-0.3, -0.25) is 0 Å². The van der Waals surface area contributed by atoms with Crippen LogP contribution in [0.25, 0.3) is 33.5 Å². The average Bonchev–Trinajstić information content (AvgIpc) is 3.07. The van der Waals surface area contributed by atoms with Crippen LogP contribution in [0.1, 0.15) is 22.3 Å². The summed E-state index contributed by atoms with van der Waals surface area (Å²) in [5.41, 5.74) is 7.82. The van der Waals surface area contributed by atoms with Gasteiger partial charge in [-0.15, -0.1) is 0 Å². The van der Waals surface area contributed by atoms with Gasteiger partial charge in [-0.25, -0.2) is 9.97 Å². The van der Waals surface area contributed by atoms with E-state index in [-0.39, 0.29) is 0 Å². The predicted molar refractivity (Wildman–Crippen MR) is 169 cm³/mol. The lowest BCUT2D eigenvalue weighted by atomic mass is 9.63. The molecule has 1 aliphatic rings. The Morgan fingerprint density at radius 1 is 0.452 bits per heavy atom. The van der Waals surface area contributed by atoms with Crippen LogP contribution in [0.2, 0.25) is 0 Å². The molecule has 0 radical (unpaired) electrons. The van der Waals surface area contributed by atoms with E-state index in [0.29, 0.717) is 5.82 Å². The number of hydrogen-bond acceptors (Lipinski definition) is 3. The maximum Gasteiger partial charge on any atom is 0.160 e. The van der Waals surface area contributed by atoms with Gasteiger partial charge in [0, 0.05) is 27.6 Å². The fourth-order valence-corrected chi connectivity index (χ4v) is 6.38. The Morgan fingerprint density at radius 3 is 1.76 bits per heavy atom. The lowest BCUT2D eigenvalue weighted by Crippen LogP contribution is -2.34. The molecule has 198 valence electrons. The topological polar surface area (TPSA) is 35.0 Å². The van der Waals surface area contributed by atoms with Crippen molar-refractivity contribution in [3.8, 4) is 34.1 Å². The molecule has 1 aliphatic heterocycles. The predicted octanol–water partition coefficient (Wildman–Crippen LogP) is 9.45. The highest BCUT2D eigenvalue weighted by Crippen LogP contribution is 2.55. The molecule has 0 saturated carbocycles. The van der Waals surface area contributed by atoms with Crippen LogP contribution in [-0.2, 0) is 5.41 Å². The second-order valence-corrected chi connectivity index (χ2v) is 10.6. The number of ether oxygens (including phenoxy) is 1. The molecule has 0 fully saturated rings. The number of aromatic nitrogens is 2. The van der Waals surface area contributed by atoms with Gasteiger partial charge in [-0.1, -0.05) is 133 Å². The first kappa shape index (κ1) is 24.3. The first-order chi connectivity index (χ1) is 20.8. The van der Waals surface area contributed by atoms with Gasteiger partial charge in [-0.05, 0) is 35.4 Å². The van der Waals surface area contributed by atoms with Crippen LogP contribution >= 0.6 is 0 Å². The van der Waals surface area contributed by atoms with E-state index in [2.05, 4.69) is 127 Å². The van der Waals surface area contributed by atoms with Crippen molar-refractivity contribution in [2.24, 2.45) is 0 Å². The van der Waals surface area contributed by atoms with Crippen LogP contribution in [-0.4, -0.2) is 9.97 Å². The Hall–Kier alpha value is -5.54. The second kappa shape index (κ2) is 9.83. The molecule has 0 spiro atoms. The molecular formula is C39H26N2O. The Kier molecular flexibility index (Phi) is 5.68. The molecule has 42 heavy (non-hydrogen) atoms. The minimum atomic E-state index is -0.595. The summed E-state index contributed by atoms with van der Waals surface area (Å²) in [7, 11) is 0. The zero-order valence-electron chi connectivity index (χ0n) is 22.8. The van der Waals surface area contributed by atoms with Crippen LogP contribution in [0.5, 0.6) is 11.5 Å². The van der Waals surface area contributed by atoms with Gasteiger partial charge in [0.15, 0.2) is 5.82 Å². The third kappa shape index (κ3) is 3.75. The number of benzene rings is 6. The van der Waals surface area contributed by atoms with Crippen molar-refractivity contribution >= 4 is 10.9 Å². The highest BCUT2D eigenvalue weighted by Gasteiger charge is 2.45. The van der Waals surface area contributed by atoms with Gasteiger partial charge >= 0.3 is 0 Å². The van der Waals surface area contributed by atoms with E-state index in [0.717, 1.165) is 55.9 Å². The Bertz CT molecular complexity index is 2020. The van der Waals surface area contributed by atoms with Gasteiger partial charge in [0.25, 0.3) is 0 Å². The summed E-state index contributed by atoms with van der Waals surface area (Å²) in [4.78, 5) is 10.2. The van der Waals surface area contributed by atoms with Crippen molar-refractivity contribution in [3.05, 3.63) is 180 Å². The Balaban J connectivity index is 1.41. The van der Waals surface area contributed by atoms with E-state index in [1.54, 1.807) is 0 Å². The smallest absolute Gasteiger partial charge is 0.160 e. The molecule has 8 rings (SSSR count). The summed E-state index contributed by atoms with van der Waals surface area (Å²) in [6.07, 6.45) is 0. The lowest BCUT2D eigenvalue weighted by Gasteiger charge is -2.41. The van der Waals surface area contributed by atoms with Gasteiger partial charge in [0.1, 0.15) is 11.5 Å². The molecule has 3 nitrogen and oxygen atoms in total. The van der Waals surface area contributed by atoms with E-state index in [4.69, 9.17) is 14.7 Å². The van der Waals surface area contributed by atoms with Crippen molar-refractivity contribution in [2.75, 3.05) is 0 Å². The van der Waals surface area contributed by atoms with Crippen molar-refractivity contribution in [2.45, 2.75) is 5.41 Å². The van der Waals surface area contributed by atoms with Crippen molar-refractivity contribution in [1.82, 2.24) is 9.97 Å². The first-order valence-corrected chi connectivity index (χ1v) is 14.2. The molecule has 0 bridgehead atoms. The van der Waals surface area contributed by atoms with Crippen molar-refractivity contribution in [1.29, 1.82) is 0 Å². The average molecular weight is 539 g/mol. The summed E-state index contributed by atoms with van der Waals surface area (Å²) < 4.78 is 6.48. The summed E-state index contributed by atoms with van der Waals surface area (Å²) >= 11 is 0. The van der Waals surface area contributed by atoms with E-state index in [1.807, 2.05) is 30.3 Å². The second-order valence-electron chi connectivity index (χ2n) is 10.6. The third-order valence-corrected chi connectivity index (χ3v) is 8.21. The van der Waals surface area contributed by atoms with Gasteiger partial charge < -0.3 is 4.74 Å². The molecule has 6 aromatic carbocycles. The SMILES string of the molecule is c1ccc(-c2nc(-c3cccc(C4(c5ccccc5)c5ccccc5Oc5ccccc54)c3)nc3ccccc23)cc1. The highest BCUT2D eigenvalue weighted by molar-refractivity contribution is 5.93. The van der Waals surface area contributed by atoms with Gasteiger partial charge in [0.2, 0.25) is 0 Å². The highest BCUT2D eigenvalue weighted by atomic mass is 16.5. The molecule has 0 N–H and O–H groups in total. The normalized spacial score (nSPS) is 13.1. The third-order valence-electron chi connectivity index (χ3n) is 8.21. The van der Waals surface area contributed by atoms with E-state index < -0.39 is 5.41 Å². The van der Waals surface area contributed by atoms with Gasteiger partial charge in [-0.2, -0.15) is 0 Å². The van der Waals surface area contributed by atoms with Crippen LogP contribution in [0.15, 0.2) is 158 Å². The summed E-state index contributed by atoms with van der Waals surface area (Å²) in [5, 5.41) is 1.04. The molecular weight excluding hydrogens is 512 g/mol. The van der Waals surface area contributed by atoms with Crippen LogP contribution < -0.4 is 4.74 Å². The minimum Gasteiger partial charge on any atom is -0.457 e. The number of fused-ring (bicyclic) bond motifs is 3. The van der Waals surface area contributed by atoms with E-state index >= 15 is 0 Å². The Morgan fingerprint density at radius 2 is 1.02 bits per heavy atom. The lowest BCUT2D eigenvalue weighted by molar-refractivity contribution is 0.434. The fourth-order valence-electron chi connectivity index (χ4n) is 6.38. The molecule has 0 amide bonds. The first-order valence-electron chi connectivity index (χ1n) is 14.2. The summed E-state index contributed by atoms with van der Waals surface area (Å²) in [6.45, 7) is 0. The largest absolute Gasteiger partial charge is 0.457 e. The van der Waals surface area contributed by atoms with Crippen LogP contribution in [0.3, 0.4) is 0 Å². The molecule has 0 saturated heterocycles. The van der Waals surface area contributed by atoms with Crippen molar-refractivity contribution in [3.63, 3.8) is 0 Å². The van der Waals surface area contributed by atoms with Crippen LogP contribution in [0, 0.1) is 0 Å². The minimum absolute atomic E-state index is 0.595. The molecule has 2 heterocycles. The molecule has 0 unspecified atom stereocenters. The standard InChI is InChI=1S/C39H26N2O/c1-3-14-27(15-4-1)37-31-20-7-10-23-34(31)40-38(41-37)28-16-13-19-30(26-28)39(29-17-5-2-6-18-29)32-21-8-11-24-35(32)42-36-25-12-9-22-33(36)39/h1-26H. The van der Waals surface area contributed by atoms with Gasteiger partial charge in [0.05, 0.1) is 16.6 Å². The number of rotatable bonds is 4. The molecule has 3 heteroatoms. The molecule has 1 aromatic heterocycles. The number of nitrogens with zero attached hydrogens (tertiary/aromatic N) is 2. The monoisotopic (exact) mass is 538 g/mol. The summed E-state index contributed by atoms with van der Waals surface area (Å²) in [5.74, 6) is 2.42. The Labute approximate surface area is 244 Å². The molecule has 0 atom stereocenters. The van der Waals surface area contributed by atoms with E-state index in [1.165, 1.54) is 5.56 Å². The fraction of sp³-hybridized carbons (Fsp3) is 0.0256.